The molecule has 1 aliphatic heterocycles. The molecule has 0 aromatic heterocycles. The molecule has 1 fully saturated rings. The normalized spacial score (nSPS) is 14.9. The van der Waals surface area contributed by atoms with E-state index in [-0.39, 0.29) is 11.8 Å². The molecule has 0 atom stereocenters. The van der Waals surface area contributed by atoms with Crippen LogP contribution in [0.3, 0.4) is 0 Å². The first-order chi connectivity index (χ1) is 12.5. The predicted molar refractivity (Wildman–Crippen MR) is 105 cm³/mol. The van der Waals surface area contributed by atoms with Crippen LogP contribution in [0.25, 0.3) is 0 Å². The van der Waals surface area contributed by atoms with Crippen LogP contribution in [0.2, 0.25) is 0 Å². The first-order valence-corrected chi connectivity index (χ1v) is 9.56. The lowest BCUT2D eigenvalue weighted by Gasteiger charge is -2.32. The number of hydrogen-bond donors (Lipinski definition) is 2. The number of carbonyl (C=O) groups excluding carboxylic acids is 2. The van der Waals surface area contributed by atoms with E-state index in [1.54, 1.807) is 0 Å². The number of carbonyl (C=O) groups is 2. The monoisotopic (exact) mass is 416 g/mol. The maximum Gasteiger partial charge on any atom is 0.279 e. The molecule has 1 heterocycles. The summed E-state index contributed by atoms with van der Waals surface area (Å²) in [5.41, 5.74) is 2.59. The molecule has 1 saturated heterocycles. The Balaban J connectivity index is 1.49. The van der Waals surface area contributed by atoms with Crippen molar-refractivity contribution in [2.24, 2.45) is 0 Å². The summed E-state index contributed by atoms with van der Waals surface area (Å²) in [5, 5.41) is 2.98. The molecule has 6 heteroatoms. The molecule has 1 aliphatic rings. The second-order valence-corrected chi connectivity index (χ2v) is 7.51. The van der Waals surface area contributed by atoms with Crippen molar-refractivity contribution in [1.82, 2.24) is 4.90 Å². The minimum Gasteiger partial charge on any atom is -0.327 e. The standard InChI is InChI=1S/C20H22BrN3O2/c1-15-13-17(21)7-8-18(15)22-19(25)14-23-9-11-24(12-10-23)20(26)16-5-3-2-4-6-16/h2-8,13H,9-12,14H2,1H3,(H,22,25)/p+1. The van der Waals surface area contributed by atoms with Gasteiger partial charge in [-0.15, -0.1) is 0 Å². The van der Waals surface area contributed by atoms with Gasteiger partial charge < -0.3 is 15.1 Å². The van der Waals surface area contributed by atoms with E-state index in [4.69, 9.17) is 0 Å². The quantitative estimate of drug-likeness (QED) is 0.797. The van der Waals surface area contributed by atoms with E-state index in [0.29, 0.717) is 19.6 Å². The van der Waals surface area contributed by atoms with E-state index in [0.717, 1.165) is 34.4 Å². The third-order valence-electron chi connectivity index (χ3n) is 4.65. The first-order valence-electron chi connectivity index (χ1n) is 8.77. The summed E-state index contributed by atoms with van der Waals surface area (Å²) in [7, 11) is 0. The average molecular weight is 417 g/mol. The molecule has 0 radical (unpaired) electrons. The highest BCUT2D eigenvalue weighted by Gasteiger charge is 2.25. The number of anilines is 1. The number of benzene rings is 2. The Morgan fingerprint density at radius 2 is 1.81 bits per heavy atom. The van der Waals surface area contributed by atoms with Crippen LogP contribution >= 0.6 is 15.9 Å². The van der Waals surface area contributed by atoms with Crippen molar-refractivity contribution in [2.45, 2.75) is 6.92 Å². The number of nitrogens with zero attached hydrogens (tertiary/aromatic N) is 1. The van der Waals surface area contributed by atoms with Crippen LogP contribution in [0, 0.1) is 6.92 Å². The van der Waals surface area contributed by atoms with Gasteiger partial charge in [-0.2, -0.15) is 0 Å². The number of amides is 2. The number of nitrogens with one attached hydrogen (secondary N) is 2. The molecule has 0 bridgehead atoms. The number of aryl methyl sites for hydroxylation is 1. The second-order valence-electron chi connectivity index (χ2n) is 6.59. The molecule has 136 valence electrons. The van der Waals surface area contributed by atoms with E-state index in [1.807, 2.05) is 60.4 Å². The third kappa shape index (κ3) is 4.71. The maximum atomic E-state index is 12.5. The predicted octanol–water partition coefficient (Wildman–Crippen LogP) is 1.74. The molecule has 2 aromatic rings. The minimum absolute atomic E-state index is 0.00765. The lowest BCUT2D eigenvalue weighted by atomic mass is 10.2. The second kappa shape index (κ2) is 8.47. The van der Waals surface area contributed by atoms with Gasteiger partial charge in [-0.05, 0) is 42.8 Å². The maximum absolute atomic E-state index is 12.5. The third-order valence-corrected chi connectivity index (χ3v) is 5.14. The van der Waals surface area contributed by atoms with Crippen LogP contribution in [0.1, 0.15) is 15.9 Å². The summed E-state index contributed by atoms with van der Waals surface area (Å²) in [6, 6.07) is 15.2. The lowest BCUT2D eigenvalue weighted by Crippen LogP contribution is -3.15. The molecule has 2 aromatic carbocycles. The fraction of sp³-hybridized carbons (Fsp3) is 0.300. The average Bonchev–Trinajstić information content (AvgIpc) is 2.65. The zero-order valence-corrected chi connectivity index (χ0v) is 16.4. The molecule has 3 rings (SSSR count). The summed E-state index contributed by atoms with van der Waals surface area (Å²) in [5.74, 6) is 0.0767. The number of halogens is 1. The molecule has 2 amide bonds. The topological polar surface area (TPSA) is 53.9 Å². The van der Waals surface area contributed by atoms with E-state index in [2.05, 4.69) is 21.2 Å². The van der Waals surface area contributed by atoms with Crippen molar-refractivity contribution >= 4 is 33.4 Å². The molecule has 0 spiro atoms. The van der Waals surface area contributed by atoms with E-state index < -0.39 is 0 Å². The number of quaternary nitrogens is 1. The summed E-state index contributed by atoms with van der Waals surface area (Å²) in [4.78, 5) is 27.9. The lowest BCUT2D eigenvalue weighted by molar-refractivity contribution is -0.895. The summed E-state index contributed by atoms with van der Waals surface area (Å²) < 4.78 is 0.998. The van der Waals surface area contributed by atoms with E-state index in [1.165, 1.54) is 4.90 Å². The number of hydrogen-bond acceptors (Lipinski definition) is 2. The Bertz CT molecular complexity index is 787. The van der Waals surface area contributed by atoms with Crippen LogP contribution in [-0.4, -0.2) is 49.4 Å². The van der Waals surface area contributed by atoms with E-state index >= 15 is 0 Å². The smallest absolute Gasteiger partial charge is 0.279 e. The fourth-order valence-electron chi connectivity index (χ4n) is 3.15. The van der Waals surface area contributed by atoms with Gasteiger partial charge in [0.15, 0.2) is 6.54 Å². The van der Waals surface area contributed by atoms with Crippen molar-refractivity contribution in [3.8, 4) is 0 Å². The first kappa shape index (κ1) is 18.6. The van der Waals surface area contributed by atoms with Crippen LogP contribution in [0.4, 0.5) is 5.69 Å². The van der Waals surface area contributed by atoms with Gasteiger partial charge in [0.1, 0.15) is 0 Å². The van der Waals surface area contributed by atoms with Gasteiger partial charge in [0.2, 0.25) is 0 Å². The van der Waals surface area contributed by atoms with Gasteiger partial charge in [-0.3, -0.25) is 9.59 Å². The Kier molecular flexibility index (Phi) is 6.06. The molecular weight excluding hydrogens is 394 g/mol. The van der Waals surface area contributed by atoms with Crippen LogP contribution in [0.5, 0.6) is 0 Å². The number of rotatable bonds is 4. The van der Waals surface area contributed by atoms with Gasteiger partial charge in [0.25, 0.3) is 11.8 Å². The van der Waals surface area contributed by atoms with Crippen molar-refractivity contribution in [1.29, 1.82) is 0 Å². The highest BCUT2D eigenvalue weighted by atomic mass is 79.9. The van der Waals surface area contributed by atoms with Gasteiger partial charge in [0, 0.05) is 15.7 Å². The van der Waals surface area contributed by atoms with Crippen molar-refractivity contribution < 1.29 is 14.5 Å². The fourth-order valence-corrected chi connectivity index (χ4v) is 3.63. The van der Waals surface area contributed by atoms with Crippen LogP contribution in [0.15, 0.2) is 53.0 Å². The van der Waals surface area contributed by atoms with Crippen LogP contribution in [-0.2, 0) is 4.79 Å². The summed E-state index contributed by atoms with van der Waals surface area (Å²) in [6.45, 7) is 5.31. The molecule has 26 heavy (non-hydrogen) atoms. The van der Waals surface area contributed by atoms with Gasteiger partial charge >= 0.3 is 0 Å². The van der Waals surface area contributed by atoms with E-state index in [9.17, 15) is 9.59 Å². The van der Waals surface area contributed by atoms with Gasteiger partial charge in [-0.1, -0.05) is 34.1 Å². The summed E-state index contributed by atoms with van der Waals surface area (Å²) >= 11 is 3.43. The molecule has 0 aliphatic carbocycles. The van der Waals surface area contributed by atoms with Crippen LogP contribution < -0.4 is 10.2 Å². The summed E-state index contributed by atoms with van der Waals surface area (Å²) in [6.07, 6.45) is 0. The van der Waals surface area contributed by atoms with Crippen molar-refractivity contribution in [3.05, 3.63) is 64.1 Å². The molecule has 2 N–H and O–H groups in total. The Hall–Kier alpha value is -2.18. The van der Waals surface area contributed by atoms with Gasteiger partial charge in [-0.25, -0.2) is 0 Å². The molecule has 5 nitrogen and oxygen atoms in total. The SMILES string of the molecule is Cc1cc(Br)ccc1NC(=O)C[NH+]1CCN(C(=O)c2ccccc2)CC1. The zero-order chi connectivity index (χ0) is 18.5. The number of piperazine rings is 1. The molecule has 0 unspecified atom stereocenters. The Labute approximate surface area is 162 Å². The van der Waals surface area contributed by atoms with Crippen molar-refractivity contribution in [2.75, 3.05) is 38.0 Å². The minimum atomic E-state index is 0.00765. The highest BCUT2D eigenvalue weighted by Crippen LogP contribution is 2.19. The Morgan fingerprint density at radius 1 is 1.12 bits per heavy atom. The Morgan fingerprint density at radius 3 is 2.46 bits per heavy atom. The molecule has 0 saturated carbocycles. The highest BCUT2D eigenvalue weighted by molar-refractivity contribution is 9.10. The van der Waals surface area contributed by atoms with Crippen molar-refractivity contribution in [3.63, 3.8) is 0 Å². The zero-order valence-electron chi connectivity index (χ0n) is 14.8. The van der Waals surface area contributed by atoms with Gasteiger partial charge in [0.05, 0.1) is 26.2 Å². The largest absolute Gasteiger partial charge is 0.327 e. The molecular formula is C20H23BrN3O2+.